The van der Waals surface area contributed by atoms with Gasteiger partial charge in [-0.25, -0.2) is 4.98 Å². The second-order valence-corrected chi connectivity index (χ2v) is 7.07. The zero-order valence-corrected chi connectivity index (χ0v) is 15.1. The van der Waals surface area contributed by atoms with Gasteiger partial charge in [-0.2, -0.15) is 0 Å². The molecule has 1 N–H and O–H groups in total. The smallest absolute Gasteiger partial charge is 0.253 e. The third kappa shape index (κ3) is 3.78. The number of thiophene rings is 1. The Morgan fingerprint density at radius 2 is 1.96 bits per heavy atom. The first kappa shape index (κ1) is 17.0. The number of nitrogens with zero attached hydrogens (tertiary/aromatic N) is 1. The molecule has 0 radical (unpaired) electrons. The van der Waals surface area contributed by atoms with E-state index in [1.807, 2.05) is 48.7 Å². The summed E-state index contributed by atoms with van der Waals surface area (Å²) in [6.45, 7) is 2.03. The molecule has 0 saturated heterocycles. The lowest BCUT2D eigenvalue weighted by atomic mass is 10.0. The number of carbonyl (C=O) groups excluding carboxylic acids is 1. The molecule has 3 rings (SSSR count). The third-order valence-electron chi connectivity index (χ3n) is 3.57. The van der Waals surface area contributed by atoms with Crippen LogP contribution in [0.1, 0.15) is 32.4 Å². The van der Waals surface area contributed by atoms with Crippen molar-refractivity contribution in [3.63, 3.8) is 0 Å². The van der Waals surface area contributed by atoms with E-state index in [2.05, 4.69) is 10.3 Å². The molecule has 3 aromatic rings. The van der Waals surface area contributed by atoms with Gasteiger partial charge in [0.2, 0.25) is 0 Å². The lowest BCUT2D eigenvalue weighted by molar-refractivity contribution is 0.0943. The summed E-state index contributed by atoms with van der Waals surface area (Å²) in [6.07, 6.45) is 1.42. The van der Waals surface area contributed by atoms with Crippen LogP contribution in [0, 0.1) is 6.92 Å². The number of pyridine rings is 1. The molecule has 0 unspecified atom stereocenters. The molecule has 0 aliphatic heterocycles. The number of benzene rings is 1. The maximum absolute atomic E-state index is 12.6. The molecule has 3 nitrogen and oxygen atoms in total. The summed E-state index contributed by atoms with van der Waals surface area (Å²) in [5.74, 6) is -0.250. The van der Waals surface area contributed by atoms with Crippen LogP contribution in [0.15, 0.2) is 54.0 Å². The van der Waals surface area contributed by atoms with Gasteiger partial charge in [0.15, 0.2) is 0 Å². The molecule has 0 spiro atoms. The van der Waals surface area contributed by atoms with Crippen molar-refractivity contribution in [3.05, 3.63) is 85.8 Å². The normalized spacial score (nSPS) is 12.0. The van der Waals surface area contributed by atoms with E-state index in [0.717, 1.165) is 10.4 Å². The number of halogens is 2. The monoisotopic (exact) mass is 376 g/mol. The molecule has 2 heterocycles. The van der Waals surface area contributed by atoms with Crippen LogP contribution in [0.2, 0.25) is 10.2 Å². The fraction of sp³-hybridized carbons (Fsp3) is 0.111. The van der Waals surface area contributed by atoms with Gasteiger partial charge in [-0.3, -0.25) is 4.79 Å². The van der Waals surface area contributed by atoms with Gasteiger partial charge in [-0.1, -0.05) is 59.1 Å². The Balaban J connectivity index is 1.90. The first-order valence-corrected chi connectivity index (χ1v) is 8.90. The molecule has 24 heavy (non-hydrogen) atoms. The van der Waals surface area contributed by atoms with E-state index in [9.17, 15) is 4.79 Å². The topological polar surface area (TPSA) is 42.0 Å². The Labute approximate surface area is 154 Å². The van der Waals surface area contributed by atoms with Crippen LogP contribution in [0.4, 0.5) is 0 Å². The summed E-state index contributed by atoms with van der Waals surface area (Å²) < 4.78 is 0. The van der Waals surface area contributed by atoms with E-state index >= 15 is 0 Å². The molecule has 2 aromatic heterocycles. The van der Waals surface area contributed by atoms with Crippen LogP contribution in [0.3, 0.4) is 0 Å². The zero-order valence-electron chi connectivity index (χ0n) is 12.8. The predicted octanol–water partition coefficient (Wildman–Crippen LogP) is 5.28. The van der Waals surface area contributed by atoms with Crippen LogP contribution < -0.4 is 5.32 Å². The van der Waals surface area contributed by atoms with Crippen LogP contribution in [-0.4, -0.2) is 10.9 Å². The summed E-state index contributed by atoms with van der Waals surface area (Å²) in [6, 6.07) is 13.4. The number of aromatic nitrogens is 1. The quantitative estimate of drug-likeness (QED) is 0.629. The van der Waals surface area contributed by atoms with Gasteiger partial charge >= 0.3 is 0 Å². The van der Waals surface area contributed by atoms with Crippen molar-refractivity contribution in [2.45, 2.75) is 13.0 Å². The van der Waals surface area contributed by atoms with Crippen molar-refractivity contribution in [2.75, 3.05) is 0 Å². The molecule has 6 heteroatoms. The highest BCUT2D eigenvalue weighted by Gasteiger charge is 2.19. The van der Waals surface area contributed by atoms with Gasteiger partial charge in [0, 0.05) is 11.1 Å². The van der Waals surface area contributed by atoms with E-state index in [-0.39, 0.29) is 22.1 Å². The Kier molecular flexibility index (Phi) is 5.19. The van der Waals surface area contributed by atoms with Crippen molar-refractivity contribution in [1.29, 1.82) is 0 Å². The van der Waals surface area contributed by atoms with Gasteiger partial charge in [0.05, 0.1) is 16.6 Å². The lowest BCUT2D eigenvalue weighted by Gasteiger charge is -2.18. The first-order valence-electron chi connectivity index (χ1n) is 7.26. The fourth-order valence-electron chi connectivity index (χ4n) is 2.29. The second kappa shape index (κ2) is 7.34. The molecule has 0 fully saturated rings. The molecule has 0 aliphatic rings. The highest BCUT2D eigenvalue weighted by Crippen LogP contribution is 2.27. The van der Waals surface area contributed by atoms with E-state index < -0.39 is 0 Å². The van der Waals surface area contributed by atoms with Gasteiger partial charge in [0.1, 0.15) is 5.15 Å². The standard InChI is InChI=1S/C18H14Cl2N2OS/c1-11-4-6-12(7-5-11)16(15-3-2-8-24-15)22-18(23)13-9-14(19)17(20)21-10-13/h2-10,16H,1H3,(H,22,23)/t16-/m0/s1. The highest BCUT2D eigenvalue weighted by atomic mass is 35.5. The molecule has 122 valence electrons. The first-order chi connectivity index (χ1) is 11.5. The van der Waals surface area contributed by atoms with Crippen LogP contribution >= 0.6 is 34.5 Å². The van der Waals surface area contributed by atoms with Crippen molar-refractivity contribution in [1.82, 2.24) is 10.3 Å². The molecule has 0 saturated carbocycles. The summed E-state index contributed by atoms with van der Waals surface area (Å²) in [5.41, 5.74) is 2.56. The maximum Gasteiger partial charge on any atom is 0.253 e. The third-order valence-corrected chi connectivity index (χ3v) is 5.20. The lowest BCUT2D eigenvalue weighted by Crippen LogP contribution is -2.29. The molecule has 1 amide bonds. The molecular weight excluding hydrogens is 363 g/mol. The summed E-state index contributed by atoms with van der Waals surface area (Å²) >= 11 is 13.4. The predicted molar refractivity (Wildman–Crippen MR) is 99.1 cm³/mol. The van der Waals surface area contributed by atoms with Gasteiger partial charge in [-0.05, 0) is 30.0 Å². The summed E-state index contributed by atoms with van der Waals surface area (Å²) in [7, 11) is 0. The average Bonchev–Trinajstić information content (AvgIpc) is 3.10. The fourth-order valence-corrected chi connectivity index (χ4v) is 3.37. The molecular formula is C18H14Cl2N2OS. The average molecular weight is 377 g/mol. The Bertz CT molecular complexity index is 848. The maximum atomic E-state index is 12.6. The number of nitrogens with one attached hydrogen (secondary N) is 1. The zero-order chi connectivity index (χ0) is 17.1. The number of carbonyl (C=O) groups is 1. The summed E-state index contributed by atoms with van der Waals surface area (Å²) in [5, 5.41) is 5.48. The Hall–Kier alpha value is -1.88. The van der Waals surface area contributed by atoms with Crippen LogP contribution in [-0.2, 0) is 0 Å². The van der Waals surface area contributed by atoms with Crippen LogP contribution in [0.5, 0.6) is 0 Å². The number of amides is 1. The summed E-state index contributed by atoms with van der Waals surface area (Å²) in [4.78, 5) is 17.6. The second-order valence-electron chi connectivity index (χ2n) is 5.33. The minimum Gasteiger partial charge on any atom is -0.340 e. The Morgan fingerprint density at radius 1 is 1.21 bits per heavy atom. The van der Waals surface area contributed by atoms with E-state index in [4.69, 9.17) is 23.2 Å². The largest absolute Gasteiger partial charge is 0.340 e. The molecule has 1 atom stereocenters. The van der Waals surface area contributed by atoms with Crippen molar-refractivity contribution < 1.29 is 4.79 Å². The molecule has 0 bridgehead atoms. The number of hydrogen-bond donors (Lipinski definition) is 1. The van der Waals surface area contributed by atoms with Gasteiger partial charge in [0.25, 0.3) is 5.91 Å². The SMILES string of the molecule is Cc1ccc([C@H](NC(=O)c2cnc(Cl)c(Cl)c2)c2cccs2)cc1. The number of aryl methyl sites for hydroxylation is 1. The van der Waals surface area contributed by atoms with Gasteiger partial charge in [-0.15, -0.1) is 11.3 Å². The molecule has 0 aliphatic carbocycles. The van der Waals surface area contributed by atoms with E-state index in [1.165, 1.54) is 17.8 Å². The minimum absolute atomic E-state index is 0.182. The Morgan fingerprint density at radius 3 is 2.58 bits per heavy atom. The number of hydrogen-bond acceptors (Lipinski definition) is 3. The van der Waals surface area contributed by atoms with Gasteiger partial charge < -0.3 is 5.32 Å². The van der Waals surface area contributed by atoms with Crippen molar-refractivity contribution in [2.24, 2.45) is 0 Å². The molecule has 1 aromatic carbocycles. The van der Waals surface area contributed by atoms with Crippen molar-refractivity contribution in [3.8, 4) is 0 Å². The van der Waals surface area contributed by atoms with E-state index in [0.29, 0.717) is 5.56 Å². The van der Waals surface area contributed by atoms with Crippen LogP contribution in [0.25, 0.3) is 0 Å². The highest BCUT2D eigenvalue weighted by molar-refractivity contribution is 7.10. The number of rotatable bonds is 4. The minimum atomic E-state index is -0.250. The van der Waals surface area contributed by atoms with Crippen molar-refractivity contribution >= 4 is 40.4 Å². The van der Waals surface area contributed by atoms with E-state index in [1.54, 1.807) is 11.3 Å².